The number of phenols is 1. The van der Waals surface area contributed by atoms with Crippen LogP contribution in [0.5, 0.6) is 5.75 Å². The molecule has 0 amide bonds. The van der Waals surface area contributed by atoms with Crippen molar-refractivity contribution in [2.75, 3.05) is 0 Å². The van der Waals surface area contributed by atoms with Crippen LogP contribution in [0.2, 0.25) is 5.02 Å². The maximum Gasteiger partial charge on any atom is 0.128 e. The number of aromatic hydroxyl groups is 1. The van der Waals surface area contributed by atoms with E-state index < -0.39 is 0 Å². The first-order valence-corrected chi connectivity index (χ1v) is 7.97. The Labute approximate surface area is 130 Å². The Kier molecular flexibility index (Phi) is 3.96. The molecule has 0 spiro atoms. The number of thiazole rings is 1. The lowest BCUT2D eigenvalue weighted by atomic mass is 10.2. The molecule has 0 fully saturated rings. The van der Waals surface area contributed by atoms with Gasteiger partial charge in [0.25, 0.3) is 0 Å². The molecule has 20 heavy (non-hydrogen) atoms. The molecule has 0 saturated carbocycles. The monoisotopic (exact) mass is 319 g/mol. The van der Waals surface area contributed by atoms with Crippen molar-refractivity contribution in [3.63, 3.8) is 0 Å². The molecule has 1 aromatic heterocycles. The first kappa shape index (κ1) is 13.5. The Morgan fingerprint density at radius 1 is 1.10 bits per heavy atom. The summed E-state index contributed by atoms with van der Waals surface area (Å²) in [6, 6.07) is 13.1. The first-order valence-electron chi connectivity index (χ1n) is 5.89. The second-order valence-corrected chi connectivity index (χ2v) is 6.49. The summed E-state index contributed by atoms with van der Waals surface area (Å²) in [5.74, 6) is 0.249. The average molecular weight is 320 g/mol. The normalized spacial score (nSPS) is 10.7. The molecule has 0 radical (unpaired) electrons. The number of rotatable bonds is 3. The van der Waals surface area contributed by atoms with E-state index in [1.165, 1.54) is 11.3 Å². The zero-order valence-corrected chi connectivity index (χ0v) is 12.7. The molecular formula is C15H10ClNOS2. The van der Waals surface area contributed by atoms with Crippen molar-refractivity contribution in [3.8, 4) is 16.3 Å². The van der Waals surface area contributed by atoms with Crippen molar-refractivity contribution in [1.82, 2.24) is 4.98 Å². The van der Waals surface area contributed by atoms with Gasteiger partial charge in [-0.05, 0) is 36.4 Å². The minimum Gasteiger partial charge on any atom is -0.507 e. The van der Waals surface area contributed by atoms with E-state index >= 15 is 0 Å². The molecule has 0 bridgehead atoms. The van der Waals surface area contributed by atoms with Crippen molar-refractivity contribution >= 4 is 34.7 Å². The van der Waals surface area contributed by atoms with Gasteiger partial charge >= 0.3 is 0 Å². The van der Waals surface area contributed by atoms with Gasteiger partial charge < -0.3 is 5.11 Å². The van der Waals surface area contributed by atoms with E-state index in [0.29, 0.717) is 5.02 Å². The molecule has 0 atom stereocenters. The lowest BCUT2D eigenvalue weighted by molar-refractivity contribution is 0.476. The van der Waals surface area contributed by atoms with Crippen LogP contribution in [0.1, 0.15) is 0 Å². The number of hydrogen-bond acceptors (Lipinski definition) is 4. The van der Waals surface area contributed by atoms with Gasteiger partial charge in [0.05, 0.1) is 5.56 Å². The minimum atomic E-state index is 0.249. The van der Waals surface area contributed by atoms with Gasteiger partial charge in [0, 0.05) is 26.4 Å². The molecule has 0 aliphatic rings. The van der Waals surface area contributed by atoms with Crippen molar-refractivity contribution < 1.29 is 5.11 Å². The largest absolute Gasteiger partial charge is 0.507 e. The third-order valence-electron chi connectivity index (χ3n) is 2.69. The zero-order chi connectivity index (χ0) is 13.9. The van der Waals surface area contributed by atoms with Gasteiger partial charge in [-0.15, -0.1) is 11.3 Å². The summed E-state index contributed by atoms with van der Waals surface area (Å²) >= 11 is 8.99. The number of phenolic OH excluding ortho intramolecular Hbond substituents is 1. The number of benzene rings is 2. The molecule has 0 aliphatic carbocycles. The molecule has 0 saturated heterocycles. The molecule has 2 nitrogen and oxygen atoms in total. The van der Waals surface area contributed by atoms with E-state index in [9.17, 15) is 5.11 Å². The van der Waals surface area contributed by atoms with Gasteiger partial charge in [-0.25, -0.2) is 4.98 Å². The number of nitrogens with zero attached hydrogens (tertiary/aromatic N) is 1. The smallest absolute Gasteiger partial charge is 0.128 e. The number of aromatic nitrogens is 1. The highest BCUT2D eigenvalue weighted by Crippen LogP contribution is 2.41. The van der Waals surface area contributed by atoms with Gasteiger partial charge in [0.1, 0.15) is 10.8 Å². The summed E-state index contributed by atoms with van der Waals surface area (Å²) in [5.41, 5.74) is 0.780. The molecule has 3 rings (SSSR count). The van der Waals surface area contributed by atoms with Crippen LogP contribution in [0.25, 0.3) is 10.6 Å². The van der Waals surface area contributed by atoms with Crippen LogP contribution in [-0.4, -0.2) is 10.1 Å². The second kappa shape index (κ2) is 5.87. The van der Waals surface area contributed by atoms with Gasteiger partial charge in [-0.2, -0.15) is 0 Å². The van der Waals surface area contributed by atoms with Crippen molar-refractivity contribution in [2.45, 2.75) is 9.79 Å². The van der Waals surface area contributed by atoms with Crippen LogP contribution in [-0.2, 0) is 0 Å². The molecule has 2 aromatic carbocycles. The third-order valence-corrected chi connectivity index (χ3v) is 4.80. The van der Waals surface area contributed by atoms with Crippen molar-refractivity contribution in [1.29, 1.82) is 0 Å². The van der Waals surface area contributed by atoms with Crippen molar-refractivity contribution in [2.24, 2.45) is 0 Å². The molecule has 1 heterocycles. The summed E-state index contributed by atoms with van der Waals surface area (Å²) in [7, 11) is 0. The Morgan fingerprint density at radius 3 is 2.60 bits per heavy atom. The summed E-state index contributed by atoms with van der Waals surface area (Å²) in [6.07, 6.45) is 1.74. The summed E-state index contributed by atoms with van der Waals surface area (Å²) < 4.78 is 0. The fourth-order valence-electron chi connectivity index (χ4n) is 1.80. The quantitative estimate of drug-likeness (QED) is 0.709. The maximum absolute atomic E-state index is 10.1. The Hall–Kier alpha value is -1.49. The molecule has 5 heteroatoms. The van der Waals surface area contributed by atoms with Crippen LogP contribution in [0.15, 0.2) is 63.8 Å². The van der Waals surface area contributed by atoms with E-state index in [2.05, 4.69) is 4.98 Å². The summed E-state index contributed by atoms with van der Waals surface area (Å²) in [6.45, 7) is 0. The highest BCUT2D eigenvalue weighted by molar-refractivity contribution is 7.99. The van der Waals surface area contributed by atoms with Crippen LogP contribution in [0.4, 0.5) is 0 Å². The van der Waals surface area contributed by atoms with Gasteiger partial charge in [0.15, 0.2) is 0 Å². The predicted molar refractivity (Wildman–Crippen MR) is 84.8 cm³/mol. The molecule has 3 aromatic rings. The fourth-order valence-corrected chi connectivity index (χ4v) is 3.67. The van der Waals surface area contributed by atoms with Crippen LogP contribution >= 0.6 is 34.7 Å². The molecular weight excluding hydrogens is 310 g/mol. The highest BCUT2D eigenvalue weighted by atomic mass is 35.5. The maximum atomic E-state index is 10.1. The molecule has 1 N–H and O–H groups in total. The first-order chi connectivity index (χ1) is 9.74. The molecule has 0 aliphatic heterocycles. The lowest BCUT2D eigenvalue weighted by Crippen LogP contribution is -1.83. The summed E-state index contributed by atoms with van der Waals surface area (Å²) in [4.78, 5) is 6.33. The summed E-state index contributed by atoms with van der Waals surface area (Å²) in [5, 5.41) is 13.6. The van der Waals surface area contributed by atoms with Crippen LogP contribution in [0.3, 0.4) is 0 Å². The van der Waals surface area contributed by atoms with Gasteiger partial charge in [0.2, 0.25) is 0 Å². The number of halogens is 1. The SMILES string of the molecule is Oc1cccc(Sc2ccc(Cl)cc2)c1-c1nccs1. The minimum absolute atomic E-state index is 0.249. The predicted octanol–water partition coefficient (Wildman–Crippen LogP) is 5.32. The standard InChI is InChI=1S/C15H10ClNOS2/c16-10-4-6-11(7-5-10)20-13-3-1-2-12(18)14(13)15-17-8-9-19-15/h1-9,18H. The molecule has 0 unspecified atom stereocenters. The number of hydrogen-bond donors (Lipinski definition) is 1. The fraction of sp³-hybridized carbons (Fsp3) is 0. The van der Waals surface area contributed by atoms with Crippen LogP contribution in [0, 0.1) is 0 Å². The van der Waals surface area contributed by atoms with Crippen molar-refractivity contribution in [3.05, 3.63) is 59.1 Å². The highest BCUT2D eigenvalue weighted by Gasteiger charge is 2.13. The van der Waals surface area contributed by atoms with E-state index in [1.807, 2.05) is 41.8 Å². The Bertz CT molecular complexity index is 711. The zero-order valence-electron chi connectivity index (χ0n) is 10.3. The second-order valence-electron chi connectivity index (χ2n) is 4.04. The van der Waals surface area contributed by atoms with E-state index in [4.69, 9.17) is 11.6 Å². The lowest BCUT2D eigenvalue weighted by Gasteiger charge is -2.09. The van der Waals surface area contributed by atoms with Crippen LogP contribution < -0.4 is 0 Å². The van der Waals surface area contributed by atoms with E-state index in [0.717, 1.165) is 20.4 Å². The topological polar surface area (TPSA) is 33.1 Å². The van der Waals surface area contributed by atoms with Gasteiger partial charge in [-0.3, -0.25) is 0 Å². The van der Waals surface area contributed by atoms with E-state index in [1.54, 1.807) is 24.0 Å². The third kappa shape index (κ3) is 2.82. The average Bonchev–Trinajstić information content (AvgIpc) is 2.95. The molecule has 100 valence electrons. The van der Waals surface area contributed by atoms with E-state index in [-0.39, 0.29) is 5.75 Å². The Balaban J connectivity index is 2.01. The Morgan fingerprint density at radius 2 is 1.90 bits per heavy atom. The van der Waals surface area contributed by atoms with Gasteiger partial charge in [-0.1, -0.05) is 29.4 Å².